The topological polar surface area (TPSA) is 53.5 Å². The van der Waals surface area contributed by atoms with Crippen LogP contribution in [-0.4, -0.2) is 46.2 Å². The molecule has 2 aliphatic rings. The van der Waals surface area contributed by atoms with Crippen molar-refractivity contribution in [1.29, 1.82) is 0 Å². The molecular formula is C26H27N3O2. The van der Waals surface area contributed by atoms with E-state index in [-0.39, 0.29) is 23.8 Å². The molecule has 158 valence electrons. The van der Waals surface area contributed by atoms with E-state index in [0.29, 0.717) is 31.1 Å². The first kappa shape index (κ1) is 19.7. The first-order chi connectivity index (χ1) is 14.9. The van der Waals surface area contributed by atoms with Crippen molar-refractivity contribution in [3.05, 3.63) is 77.0 Å². The Morgan fingerprint density at radius 3 is 2.48 bits per heavy atom. The first-order valence-electron chi connectivity index (χ1n) is 10.9. The summed E-state index contributed by atoms with van der Waals surface area (Å²) in [6.07, 6.45) is 0. The molecule has 2 aliphatic heterocycles. The van der Waals surface area contributed by atoms with Gasteiger partial charge in [-0.1, -0.05) is 42.0 Å². The number of rotatable bonds is 2. The molecule has 2 aromatic carbocycles. The standard InChI is InChI=1S/C26H27N3O2/c1-16-9-10-24-20(11-16)12-22(17(2)27-24)26(31)28-13-21-14-29(18(3)30)25(23(21)15-28)19-7-5-4-6-8-19/h4-12,21,23,25H,13-15H2,1-3H3/t21-,23-,25+/m1/s1. The Balaban J connectivity index is 1.44. The van der Waals surface area contributed by atoms with Crippen molar-refractivity contribution in [2.75, 3.05) is 19.6 Å². The molecular weight excluding hydrogens is 386 g/mol. The minimum Gasteiger partial charge on any atom is -0.338 e. The minimum atomic E-state index is 0.0278. The summed E-state index contributed by atoms with van der Waals surface area (Å²) < 4.78 is 0. The zero-order valence-corrected chi connectivity index (χ0v) is 18.2. The Morgan fingerprint density at radius 2 is 1.74 bits per heavy atom. The van der Waals surface area contributed by atoms with Gasteiger partial charge in [-0.05, 0) is 37.6 Å². The quantitative estimate of drug-likeness (QED) is 0.634. The molecule has 5 heteroatoms. The summed E-state index contributed by atoms with van der Waals surface area (Å²) in [4.78, 5) is 34.5. The van der Waals surface area contributed by atoms with Gasteiger partial charge in [0.05, 0.1) is 22.8 Å². The molecule has 1 aromatic heterocycles. The van der Waals surface area contributed by atoms with Gasteiger partial charge in [0, 0.05) is 43.8 Å². The number of benzene rings is 2. The summed E-state index contributed by atoms with van der Waals surface area (Å²) >= 11 is 0. The highest BCUT2D eigenvalue weighted by atomic mass is 16.2. The van der Waals surface area contributed by atoms with Crippen LogP contribution in [-0.2, 0) is 4.79 Å². The molecule has 2 fully saturated rings. The number of pyridine rings is 1. The molecule has 0 radical (unpaired) electrons. The Kier molecular flexibility index (Phi) is 4.77. The lowest BCUT2D eigenvalue weighted by Gasteiger charge is -2.29. The van der Waals surface area contributed by atoms with Gasteiger partial charge in [-0.2, -0.15) is 0 Å². The number of hydrogen-bond acceptors (Lipinski definition) is 3. The Bertz CT molecular complexity index is 1170. The normalized spacial score (nSPS) is 22.7. The van der Waals surface area contributed by atoms with Crippen molar-refractivity contribution in [3.63, 3.8) is 0 Å². The fourth-order valence-electron chi connectivity index (χ4n) is 5.39. The summed E-state index contributed by atoms with van der Waals surface area (Å²) in [7, 11) is 0. The van der Waals surface area contributed by atoms with Crippen molar-refractivity contribution in [3.8, 4) is 0 Å². The van der Waals surface area contributed by atoms with Crippen molar-refractivity contribution in [2.24, 2.45) is 11.8 Å². The second kappa shape index (κ2) is 7.49. The molecule has 2 amide bonds. The summed E-state index contributed by atoms with van der Waals surface area (Å²) in [5, 5.41) is 0.998. The molecule has 3 atom stereocenters. The van der Waals surface area contributed by atoms with Gasteiger partial charge < -0.3 is 9.80 Å². The first-order valence-corrected chi connectivity index (χ1v) is 10.9. The molecule has 0 aliphatic carbocycles. The van der Waals surface area contributed by atoms with E-state index in [2.05, 4.69) is 23.2 Å². The second-order valence-corrected chi connectivity index (χ2v) is 8.98. The highest BCUT2D eigenvalue weighted by Gasteiger charge is 2.49. The highest BCUT2D eigenvalue weighted by molar-refractivity contribution is 5.99. The number of amides is 2. The van der Waals surface area contributed by atoms with Gasteiger partial charge in [0.1, 0.15) is 0 Å². The van der Waals surface area contributed by atoms with Gasteiger partial charge >= 0.3 is 0 Å². The maximum atomic E-state index is 13.5. The molecule has 3 aromatic rings. The monoisotopic (exact) mass is 413 g/mol. The van der Waals surface area contributed by atoms with Crippen LogP contribution >= 0.6 is 0 Å². The van der Waals surface area contributed by atoms with Crippen LogP contribution in [0.25, 0.3) is 10.9 Å². The van der Waals surface area contributed by atoms with Crippen LogP contribution in [0.4, 0.5) is 0 Å². The Hall–Kier alpha value is -3.21. The van der Waals surface area contributed by atoms with E-state index in [4.69, 9.17) is 0 Å². The molecule has 5 rings (SSSR count). The van der Waals surface area contributed by atoms with Gasteiger partial charge in [-0.15, -0.1) is 0 Å². The van der Waals surface area contributed by atoms with Gasteiger partial charge in [-0.25, -0.2) is 0 Å². The van der Waals surface area contributed by atoms with Crippen molar-refractivity contribution in [1.82, 2.24) is 14.8 Å². The summed E-state index contributed by atoms with van der Waals surface area (Å²) in [5.41, 5.74) is 4.67. The summed E-state index contributed by atoms with van der Waals surface area (Å²) in [5.74, 6) is 0.704. The second-order valence-electron chi connectivity index (χ2n) is 8.98. The molecule has 3 heterocycles. The van der Waals surface area contributed by atoms with Crippen molar-refractivity contribution >= 4 is 22.7 Å². The third-order valence-electron chi connectivity index (χ3n) is 6.89. The molecule has 31 heavy (non-hydrogen) atoms. The smallest absolute Gasteiger partial charge is 0.255 e. The van der Waals surface area contributed by atoms with E-state index in [9.17, 15) is 9.59 Å². The fraction of sp³-hybridized carbons (Fsp3) is 0.346. The van der Waals surface area contributed by atoms with Crippen LogP contribution in [0.3, 0.4) is 0 Å². The van der Waals surface area contributed by atoms with Crippen LogP contribution < -0.4 is 0 Å². The van der Waals surface area contributed by atoms with Crippen LogP contribution in [0, 0.1) is 25.7 Å². The molecule has 5 nitrogen and oxygen atoms in total. The molecule has 0 saturated carbocycles. The highest BCUT2D eigenvalue weighted by Crippen LogP contribution is 2.45. The number of likely N-dealkylation sites (tertiary alicyclic amines) is 2. The van der Waals surface area contributed by atoms with Gasteiger partial charge in [0.25, 0.3) is 5.91 Å². The van der Waals surface area contributed by atoms with E-state index in [1.54, 1.807) is 6.92 Å². The third-order valence-corrected chi connectivity index (χ3v) is 6.89. The van der Waals surface area contributed by atoms with Gasteiger partial charge in [0.2, 0.25) is 5.91 Å². The number of aryl methyl sites for hydroxylation is 2. The fourth-order valence-corrected chi connectivity index (χ4v) is 5.39. The van der Waals surface area contributed by atoms with Crippen molar-refractivity contribution < 1.29 is 9.59 Å². The SMILES string of the molecule is CC(=O)N1C[C@H]2CN(C(=O)c3cc4cc(C)ccc4nc3C)C[C@H]2[C@@H]1c1ccccc1. The zero-order chi connectivity index (χ0) is 21.7. The predicted octanol–water partition coefficient (Wildman–Crippen LogP) is 4.14. The van der Waals surface area contributed by atoms with E-state index < -0.39 is 0 Å². The average molecular weight is 414 g/mol. The van der Waals surface area contributed by atoms with E-state index >= 15 is 0 Å². The summed E-state index contributed by atoms with van der Waals surface area (Å²) in [6, 6.07) is 18.4. The van der Waals surface area contributed by atoms with E-state index in [1.807, 2.05) is 60.0 Å². The number of aromatic nitrogens is 1. The van der Waals surface area contributed by atoms with Crippen LogP contribution in [0.5, 0.6) is 0 Å². The number of fused-ring (bicyclic) bond motifs is 2. The lowest BCUT2D eigenvalue weighted by Crippen LogP contribution is -2.36. The van der Waals surface area contributed by atoms with E-state index in [1.165, 1.54) is 0 Å². The molecule has 0 N–H and O–H groups in total. The summed E-state index contributed by atoms with van der Waals surface area (Å²) in [6.45, 7) is 7.66. The van der Waals surface area contributed by atoms with Crippen LogP contribution in [0.1, 0.15) is 40.1 Å². The zero-order valence-electron chi connectivity index (χ0n) is 18.2. The van der Waals surface area contributed by atoms with Crippen LogP contribution in [0.15, 0.2) is 54.6 Å². The number of carbonyl (C=O) groups is 2. The largest absolute Gasteiger partial charge is 0.338 e. The molecule has 0 bridgehead atoms. The number of carbonyl (C=O) groups excluding carboxylic acids is 2. The Labute approximate surface area is 182 Å². The third kappa shape index (κ3) is 3.38. The minimum absolute atomic E-state index is 0.0278. The molecule has 2 saturated heterocycles. The maximum absolute atomic E-state index is 13.5. The Morgan fingerprint density at radius 1 is 0.968 bits per heavy atom. The molecule has 0 unspecified atom stereocenters. The number of nitrogens with zero attached hydrogens (tertiary/aromatic N) is 3. The predicted molar refractivity (Wildman–Crippen MR) is 121 cm³/mol. The average Bonchev–Trinajstić information content (AvgIpc) is 3.32. The van der Waals surface area contributed by atoms with Gasteiger partial charge in [0.15, 0.2) is 0 Å². The van der Waals surface area contributed by atoms with Crippen molar-refractivity contribution in [2.45, 2.75) is 26.8 Å². The maximum Gasteiger partial charge on any atom is 0.255 e. The van der Waals surface area contributed by atoms with Crippen LogP contribution in [0.2, 0.25) is 0 Å². The lowest BCUT2D eigenvalue weighted by atomic mass is 9.89. The van der Waals surface area contributed by atoms with E-state index in [0.717, 1.165) is 27.7 Å². The number of hydrogen-bond donors (Lipinski definition) is 0. The lowest BCUT2D eigenvalue weighted by molar-refractivity contribution is -0.130. The van der Waals surface area contributed by atoms with Gasteiger partial charge in [-0.3, -0.25) is 14.6 Å². The molecule has 0 spiro atoms.